The van der Waals surface area contributed by atoms with Crippen molar-refractivity contribution in [2.45, 2.75) is 12.9 Å². The molecule has 0 spiro atoms. The van der Waals surface area contributed by atoms with E-state index in [1.807, 2.05) is 0 Å². The van der Waals surface area contributed by atoms with Crippen LogP contribution in [0.4, 0.5) is 17.6 Å². The monoisotopic (exact) mass is 277 g/mol. The Labute approximate surface area is 104 Å². The summed E-state index contributed by atoms with van der Waals surface area (Å²) >= 11 is 4.80. The first-order valence-electron chi connectivity index (χ1n) is 4.83. The van der Waals surface area contributed by atoms with E-state index in [4.69, 9.17) is 12.2 Å². The Morgan fingerprint density at radius 2 is 2.06 bits per heavy atom. The first-order chi connectivity index (χ1) is 8.41. The van der Waals surface area contributed by atoms with Crippen LogP contribution in [0.3, 0.4) is 0 Å². The minimum absolute atomic E-state index is 0.0779. The van der Waals surface area contributed by atoms with Crippen LogP contribution in [-0.4, -0.2) is 14.8 Å². The van der Waals surface area contributed by atoms with Gasteiger partial charge in [0.2, 0.25) is 0 Å². The number of alkyl halides is 4. The Morgan fingerprint density at radius 3 is 2.61 bits per heavy atom. The van der Waals surface area contributed by atoms with Crippen LogP contribution in [0.2, 0.25) is 0 Å². The molecule has 0 aliphatic rings. The zero-order valence-corrected chi connectivity index (χ0v) is 9.65. The molecule has 0 fully saturated rings. The molecule has 18 heavy (non-hydrogen) atoms. The second kappa shape index (κ2) is 4.52. The molecule has 0 aliphatic heterocycles. The van der Waals surface area contributed by atoms with Gasteiger partial charge in [-0.15, -0.1) is 0 Å². The quantitative estimate of drug-likeness (QED) is 0.674. The van der Waals surface area contributed by atoms with Gasteiger partial charge in [-0.2, -0.15) is 13.2 Å². The van der Waals surface area contributed by atoms with Gasteiger partial charge in [-0.05, 0) is 12.1 Å². The van der Waals surface area contributed by atoms with Gasteiger partial charge in [-0.1, -0.05) is 18.3 Å². The number of pyridine rings is 1. The molecule has 2 heterocycles. The average molecular weight is 277 g/mol. The molecular weight excluding hydrogens is 270 g/mol. The standard InChI is InChI=1S/C10H7F4N3S/c11-5-6-2-1-3-8(15-6)17-9(18)4-7(16-17)10(12,13)14/h1-4,16H,5H2. The summed E-state index contributed by atoms with van der Waals surface area (Å²) in [6.07, 6.45) is -4.52. The van der Waals surface area contributed by atoms with Crippen LogP contribution in [0.1, 0.15) is 11.4 Å². The van der Waals surface area contributed by atoms with Crippen LogP contribution in [0.15, 0.2) is 24.3 Å². The van der Waals surface area contributed by atoms with E-state index in [1.54, 1.807) is 0 Å². The number of aromatic amines is 1. The van der Waals surface area contributed by atoms with Gasteiger partial charge in [0.25, 0.3) is 0 Å². The van der Waals surface area contributed by atoms with Gasteiger partial charge in [-0.25, -0.2) is 14.1 Å². The molecule has 0 radical (unpaired) electrons. The molecule has 2 rings (SSSR count). The Morgan fingerprint density at radius 1 is 1.33 bits per heavy atom. The third-order valence-corrected chi connectivity index (χ3v) is 2.48. The number of hydrogen-bond acceptors (Lipinski definition) is 2. The summed E-state index contributed by atoms with van der Waals surface area (Å²) < 4.78 is 50.7. The lowest BCUT2D eigenvalue weighted by atomic mass is 10.3. The van der Waals surface area contributed by atoms with Crippen molar-refractivity contribution < 1.29 is 17.6 Å². The topological polar surface area (TPSA) is 33.6 Å². The van der Waals surface area contributed by atoms with E-state index in [-0.39, 0.29) is 16.2 Å². The molecule has 0 amide bonds. The minimum Gasteiger partial charge on any atom is -0.287 e. The second-order valence-corrected chi connectivity index (χ2v) is 3.88. The number of aromatic nitrogens is 3. The molecule has 0 unspecified atom stereocenters. The number of H-pyrrole nitrogens is 1. The summed E-state index contributed by atoms with van der Waals surface area (Å²) in [4.78, 5) is 3.84. The number of hydrogen-bond donors (Lipinski definition) is 1. The molecule has 0 saturated carbocycles. The van der Waals surface area contributed by atoms with Gasteiger partial charge < -0.3 is 0 Å². The Balaban J connectivity index is 2.51. The van der Waals surface area contributed by atoms with Crippen molar-refractivity contribution in [3.8, 4) is 5.82 Å². The molecule has 0 aliphatic carbocycles. The minimum atomic E-state index is -4.52. The van der Waals surface area contributed by atoms with Gasteiger partial charge in [-0.3, -0.25) is 5.10 Å². The highest BCUT2D eigenvalue weighted by Gasteiger charge is 2.33. The highest BCUT2D eigenvalue weighted by atomic mass is 32.1. The third kappa shape index (κ3) is 2.42. The summed E-state index contributed by atoms with van der Waals surface area (Å²) in [6.45, 7) is -0.798. The maximum atomic E-state index is 12.5. The number of rotatable bonds is 2. The normalized spacial score (nSPS) is 11.8. The first kappa shape index (κ1) is 12.7. The van der Waals surface area contributed by atoms with Crippen LogP contribution in [0, 0.1) is 4.64 Å². The van der Waals surface area contributed by atoms with Crippen molar-refractivity contribution >= 4 is 12.2 Å². The van der Waals surface area contributed by atoms with Gasteiger partial charge in [0.05, 0.1) is 5.69 Å². The Kier molecular flexibility index (Phi) is 3.20. The van der Waals surface area contributed by atoms with Crippen LogP contribution in [0.25, 0.3) is 5.82 Å². The van der Waals surface area contributed by atoms with Crippen molar-refractivity contribution in [2.75, 3.05) is 0 Å². The SMILES string of the molecule is FCc1cccc(-n2[nH]c(C(F)(F)F)cc2=S)n1. The van der Waals surface area contributed by atoms with E-state index < -0.39 is 18.5 Å². The first-order valence-corrected chi connectivity index (χ1v) is 5.24. The van der Waals surface area contributed by atoms with E-state index in [0.29, 0.717) is 0 Å². The Bertz CT molecular complexity index is 614. The predicted octanol–water partition coefficient (Wildman–Crippen LogP) is 3.42. The van der Waals surface area contributed by atoms with Crippen LogP contribution >= 0.6 is 12.2 Å². The van der Waals surface area contributed by atoms with Gasteiger partial charge in [0, 0.05) is 6.07 Å². The predicted molar refractivity (Wildman–Crippen MR) is 58.6 cm³/mol. The number of nitrogens with one attached hydrogen (secondary N) is 1. The molecule has 2 aromatic rings. The van der Waals surface area contributed by atoms with Crippen molar-refractivity contribution in [1.82, 2.24) is 14.8 Å². The van der Waals surface area contributed by atoms with Crippen LogP contribution < -0.4 is 0 Å². The number of halogens is 4. The maximum Gasteiger partial charge on any atom is 0.432 e. The molecule has 3 nitrogen and oxygen atoms in total. The van der Waals surface area contributed by atoms with E-state index in [9.17, 15) is 17.6 Å². The molecule has 8 heteroatoms. The lowest BCUT2D eigenvalue weighted by Crippen LogP contribution is -2.08. The zero-order valence-electron chi connectivity index (χ0n) is 8.83. The highest BCUT2D eigenvalue weighted by molar-refractivity contribution is 7.71. The highest BCUT2D eigenvalue weighted by Crippen LogP contribution is 2.28. The molecule has 0 saturated heterocycles. The third-order valence-electron chi connectivity index (χ3n) is 2.18. The second-order valence-electron chi connectivity index (χ2n) is 3.46. The smallest absolute Gasteiger partial charge is 0.287 e. The summed E-state index contributed by atoms with van der Waals surface area (Å²) in [5.41, 5.74) is -0.850. The molecular formula is C10H7F4N3S. The lowest BCUT2D eigenvalue weighted by Gasteiger charge is -2.05. The van der Waals surface area contributed by atoms with Crippen LogP contribution in [0.5, 0.6) is 0 Å². The molecule has 96 valence electrons. The fourth-order valence-corrected chi connectivity index (χ4v) is 1.63. The van der Waals surface area contributed by atoms with Crippen molar-refractivity contribution in [3.05, 3.63) is 40.3 Å². The van der Waals surface area contributed by atoms with Crippen molar-refractivity contribution in [1.29, 1.82) is 0 Å². The fourth-order valence-electron chi connectivity index (χ4n) is 1.38. The maximum absolute atomic E-state index is 12.5. The Hall–Kier alpha value is -1.70. The summed E-state index contributed by atoms with van der Waals surface area (Å²) in [7, 11) is 0. The number of nitrogens with zero attached hydrogens (tertiary/aromatic N) is 2. The van der Waals surface area contributed by atoms with Gasteiger partial charge >= 0.3 is 6.18 Å². The summed E-state index contributed by atoms with van der Waals surface area (Å²) in [5, 5.41) is 2.09. The fraction of sp³-hybridized carbons (Fsp3) is 0.200. The van der Waals surface area contributed by atoms with E-state index in [1.165, 1.54) is 18.2 Å². The largest absolute Gasteiger partial charge is 0.432 e. The summed E-state index contributed by atoms with van der Waals surface area (Å²) in [6, 6.07) is 5.15. The molecule has 1 N–H and O–H groups in total. The van der Waals surface area contributed by atoms with Gasteiger partial charge in [0.1, 0.15) is 17.0 Å². The summed E-state index contributed by atoms with van der Waals surface area (Å²) in [5.74, 6) is 0.116. The lowest BCUT2D eigenvalue weighted by molar-refractivity contribution is -0.141. The molecule has 0 atom stereocenters. The average Bonchev–Trinajstić information content (AvgIpc) is 2.71. The van der Waals surface area contributed by atoms with Gasteiger partial charge in [0.15, 0.2) is 5.82 Å². The molecule has 0 bridgehead atoms. The van der Waals surface area contributed by atoms with Crippen LogP contribution in [-0.2, 0) is 12.9 Å². The van der Waals surface area contributed by atoms with E-state index in [2.05, 4.69) is 10.1 Å². The molecule has 2 aromatic heterocycles. The van der Waals surface area contributed by atoms with Crippen molar-refractivity contribution in [2.24, 2.45) is 0 Å². The van der Waals surface area contributed by atoms with E-state index >= 15 is 0 Å². The van der Waals surface area contributed by atoms with E-state index in [0.717, 1.165) is 10.7 Å². The van der Waals surface area contributed by atoms with Crippen molar-refractivity contribution in [3.63, 3.8) is 0 Å². The zero-order chi connectivity index (χ0) is 13.3. The molecule has 0 aromatic carbocycles.